The van der Waals surface area contributed by atoms with E-state index in [1.165, 1.54) is 0 Å². The van der Waals surface area contributed by atoms with E-state index < -0.39 is 0 Å². The van der Waals surface area contributed by atoms with Crippen molar-refractivity contribution < 1.29 is 28.8 Å². The second-order valence-corrected chi connectivity index (χ2v) is 0. The fourth-order valence-corrected chi connectivity index (χ4v) is 0. The van der Waals surface area contributed by atoms with Crippen LogP contribution in [0.15, 0.2) is 0 Å². The molecule has 5 heavy (non-hydrogen) atoms. The van der Waals surface area contributed by atoms with Crippen LogP contribution in [-0.4, -0.2) is 65.3 Å². The molecule has 0 saturated heterocycles. The van der Waals surface area contributed by atoms with E-state index in [-0.39, 0.29) is 77.7 Å². The molecule has 0 fully saturated rings. The smallest absolute Gasteiger partial charge is 0.870 e. The van der Waals surface area contributed by atoms with E-state index in [0.717, 1.165) is 0 Å². The zero-order valence-corrected chi connectivity index (χ0v) is 7.83. The molecule has 0 atom stereocenters. The summed E-state index contributed by atoms with van der Waals surface area (Å²) in [5, 5.41) is 0. The maximum Gasteiger partial charge on any atom is 2.00 e. The van der Waals surface area contributed by atoms with Crippen LogP contribution in [0.1, 0.15) is 0 Å². The van der Waals surface area contributed by atoms with Crippen molar-refractivity contribution in [2.75, 3.05) is 0 Å². The van der Waals surface area contributed by atoms with Gasteiger partial charge in [0.05, 0.1) is 12.4 Å². The summed E-state index contributed by atoms with van der Waals surface area (Å²) in [5.41, 5.74) is 0. The fourth-order valence-electron chi connectivity index (χ4n) is 0. The van der Waals surface area contributed by atoms with E-state index in [4.69, 9.17) is 0 Å². The van der Waals surface area contributed by atoms with Crippen LogP contribution < -0.4 is 0 Å². The molecule has 0 aromatic rings. The average Bonchev–Trinajstić information content (AvgIpc) is 0. The minimum atomic E-state index is 0. The van der Waals surface area contributed by atoms with Crippen LogP contribution in [0.25, 0.3) is 0 Å². The summed E-state index contributed by atoms with van der Waals surface area (Å²) in [5.74, 6) is 0. The normalized spacial score (nSPS) is 0. The maximum atomic E-state index is 0. The van der Waals surface area contributed by atoms with Gasteiger partial charge in [-0.2, -0.15) is 0 Å². The molecule has 0 aromatic carbocycles. The molecule has 0 unspecified atom stereocenters. The van der Waals surface area contributed by atoms with Gasteiger partial charge in [-0.3, -0.25) is 0 Å². The van der Waals surface area contributed by atoms with Gasteiger partial charge in [0.2, 0.25) is 0 Å². The van der Waals surface area contributed by atoms with Gasteiger partial charge in [0, 0.05) is 0 Å². The number of hydrogen-bond acceptors (Lipinski definition) is 3. The Bertz CT molecular complexity index is 6.85. The van der Waals surface area contributed by atoms with Crippen LogP contribution >= 0.6 is 0 Å². The van der Waals surface area contributed by atoms with Gasteiger partial charge >= 0.3 is 48.9 Å². The Morgan fingerprint density at radius 2 is 0.600 bits per heavy atom. The van der Waals surface area contributed by atoms with Crippen molar-refractivity contribution >= 4 is 48.9 Å². The summed E-state index contributed by atoms with van der Waals surface area (Å²) >= 11 is 0. The van der Waals surface area contributed by atoms with E-state index in [2.05, 4.69) is 0 Å². The molecule has 0 amide bonds. The molecule has 0 saturated carbocycles. The first kappa shape index (κ1) is 73.3. The number of hydrogen-bond donors (Lipinski definition) is 0. The molecule has 0 aliphatic rings. The Balaban J connectivity index is 0. The van der Waals surface area contributed by atoms with Crippen LogP contribution in [0.3, 0.4) is 0 Å². The zero-order valence-electron chi connectivity index (χ0n) is 2.50. The summed E-state index contributed by atoms with van der Waals surface area (Å²) in [4.78, 5) is 0. The maximum absolute atomic E-state index is 0. The van der Waals surface area contributed by atoms with Gasteiger partial charge in [-0.05, 0) is 0 Å². The molecular formula is H5BaClO3. The van der Waals surface area contributed by atoms with Crippen molar-refractivity contribution in [2.45, 2.75) is 0 Å². The van der Waals surface area contributed by atoms with Gasteiger partial charge in [0.15, 0.2) is 0 Å². The minimum Gasteiger partial charge on any atom is -0.870 e. The summed E-state index contributed by atoms with van der Waals surface area (Å²) in [7, 11) is 0. The van der Waals surface area contributed by atoms with Crippen molar-refractivity contribution in [2.24, 2.45) is 0 Å². The third kappa shape index (κ3) is 26.5. The molecule has 0 spiro atoms. The molecule has 0 aliphatic carbocycles. The first-order chi connectivity index (χ1) is 0. The molecule has 0 aliphatic heterocycles. The molecule has 3 nitrogen and oxygen atoms in total. The molecule has 32 valence electrons. The zero-order chi connectivity index (χ0) is 0. The fraction of sp³-hybridized carbons (Fsp3) is 0. The predicted molar refractivity (Wildman–Crippen MR) is 14.4 cm³/mol. The third-order valence-electron chi connectivity index (χ3n) is 0. The second-order valence-electron chi connectivity index (χ2n) is 0. The van der Waals surface area contributed by atoms with Crippen LogP contribution in [0.4, 0.5) is 0 Å². The van der Waals surface area contributed by atoms with E-state index in [1.54, 1.807) is 0 Å². The number of rotatable bonds is 0. The second kappa shape index (κ2) is 42.6. The SMILES string of the molecule is [Ba+2].[ClH2+].[OH-].[OH-].[OH-]. The van der Waals surface area contributed by atoms with Gasteiger partial charge in [0.25, 0.3) is 0 Å². The first-order valence-corrected chi connectivity index (χ1v) is 0. The molecule has 0 heterocycles. The van der Waals surface area contributed by atoms with Gasteiger partial charge in [-0.15, -0.1) is 0 Å². The van der Waals surface area contributed by atoms with Crippen molar-refractivity contribution in [3.8, 4) is 0 Å². The van der Waals surface area contributed by atoms with Crippen LogP contribution in [0, 0.1) is 12.4 Å². The quantitative estimate of drug-likeness (QED) is 0.473. The van der Waals surface area contributed by atoms with Gasteiger partial charge in [0.1, 0.15) is 0 Å². The van der Waals surface area contributed by atoms with E-state index in [9.17, 15) is 0 Å². The van der Waals surface area contributed by atoms with Crippen LogP contribution in [0.5, 0.6) is 0 Å². The van der Waals surface area contributed by atoms with Gasteiger partial charge < -0.3 is 16.4 Å². The first-order valence-electron chi connectivity index (χ1n) is 0. The predicted octanol–water partition coefficient (Wildman–Crippen LogP) is -1.45. The molecule has 0 aromatic heterocycles. The Morgan fingerprint density at radius 3 is 0.600 bits per heavy atom. The Kier molecular flexibility index (Phi) is 624. The summed E-state index contributed by atoms with van der Waals surface area (Å²) in [6, 6.07) is 0. The molecule has 0 bridgehead atoms. The van der Waals surface area contributed by atoms with Crippen LogP contribution in [0.2, 0.25) is 0 Å². The van der Waals surface area contributed by atoms with Crippen molar-refractivity contribution in [3.05, 3.63) is 0 Å². The molecule has 0 rings (SSSR count). The van der Waals surface area contributed by atoms with E-state index >= 15 is 0 Å². The third-order valence-corrected chi connectivity index (χ3v) is 0. The average molecular weight is 226 g/mol. The molecular weight excluding hydrogens is 221 g/mol. The van der Waals surface area contributed by atoms with E-state index in [1.807, 2.05) is 0 Å². The minimum absolute atomic E-state index is 0. The topological polar surface area (TPSA) is 90.0 Å². The van der Waals surface area contributed by atoms with Gasteiger partial charge in [-0.25, -0.2) is 0 Å². The molecule has 0 radical (unpaired) electrons. The standard InChI is InChI=1S/Ba.ClH2.3H2O/h;4*1H2/q+2;+1;;;/p-3. The molecule has 3 N–H and O–H groups in total. The monoisotopic (exact) mass is 226 g/mol. The Labute approximate surface area is 76.5 Å². The Hall–Kier alpha value is 1.74. The molecule has 5 heteroatoms. The van der Waals surface area contributed by atoms with E-state index in [0.29, 0.717) is 0 Å². The summed E-state index contributed by atoms with van der Waals surface area (Å²) in [6.45, 7) is 0. The summed E-state index contributed by atoms with van der Waals surface area (Å²) in [6.07, 6.45) is 0. The van der Waals surface area contributed by atoms with Crippen LogP contribution in [-0.2, 0) is 0 Å². The van der Waals surface area contributed by atoms with Crippen molar-refractivity contribution in [1.29, 1.82) is 0 Å². The summed E-state index contributed by atoms with van der Waals surface area (Å²) < 4.78 is 0. The Morgan fingerprint density at radius 1 is 0.600 bits per heavy atom. The van der Waals surface area contributed by atoms with Crippen molar-refractivity contribution in [1.82, 2.24) is 0 Å². The largest absolute Gasteiger partial charge is 2.00 e. The number of halogens is 1. The van der Waals surface area contributed by atoms with Crippen molar-refractivity contribution in [3.63, 3.8) is 0 Å². The van der Waals surface area contributed by atoms with Gasteiger partial charge in [-0.1, -0.05) is 0 Å².